The molecule has 1 fully saturated rings. The van der Waals surface area contributed by atoms with E-state index in [4.69, 9.17) is 0 Å². The minimum absolute atomic E-state index is 0.787. The van der Waals surface area contributed by atoms with Gasteiger partial charge in [0.15, 0.2) is 0 Å². The van der Waals surface area contributed by atoms with E-state index in [0.717, 1.165) is 25.0 Å². The van der Waals surface area contributed by atoms with E-state index in [9.17, 15) is 0 Å². The summed E-state index contributed by atoms with van der Waals surface area (Å²) in [5.41, 5.74) is 1.41. The summed E-state index contributed by atoms with van der Waals surface area (Å²) in [6, 6.07) is 11.5. The number of benzene rings is 1. The molecule has 2 heteroatoms. The van der Waals surface area contributed by atoms with Gasteiger partial charge in [0.1, 0.15) is 0 Å². The predicted molar refractivity (Wildman–Crippen MR) is 82.2 cm³/mol. The number of hydrogen-bond acceptors (Lipinski definition) is 2. The highest BCUT2D eigenvalue weighted by Crippen LogP contribution is 2.24. The molecule has 2 rings (SSSR count). The zero-order chi connectivity index (χ0) is 13.5. The quantitative estimate of drug-likeness (QED) is 0.757. The predicted octanol–water partition coefficient (Wildman–Crippen LogP) is 3.29. The smallest absolute Gasteiger partial charge is 0.0230 e. The van der Waals surface area contributed by atoms with Crippen LogP contribution in [-0.4, -0.2) is 31.1 Å². The molecule has 1 aliphatic carbocycles. The molecule has 1 aromatic carbocycles. The molecule has 1 N–H and O–H groups in total. The van der Waals surface area contributed by atoms with Crippen molar-refractivity contribution < 1.29 is 0 Å². The lowest BCUT2D eigenvalue weighted by Gasteiger charge is -2.18. The molecule has 0 spiro atoms. The van der Waals surface area contributed by atoms with Crippen molar-refractivity contribution in [3.63, 3.8) is 0 Å². The van der Waals surface area contributed by atoms with Crippen molar-refractivity contribution >= 4 is 0 Å². The van der Waals surface area contributed by atoms with E-state index >= 15 is 0 Å². The minimum atomic E-state index is 0.787. The monoisotopic (exact) mass is 260 g/mol. The Labute approximate surface area is 118 Å². The summed E-state index contributed by atoms with van der Waals surface area (Å²) in [5.74, 6) is 0.929. The third kappa shape index (κ3) is 5.33. The Balaban J connectivity index is 1.55. The molecular weight excluding hydrogens is 232 g/mol. The molecule has 0 aromatic heterocycles. The molecule has 0 radical (unpaired) electrons. The van der Waals surface area contributed by atoms with Gasteiger partial charge in [-0.15, -0.1) is 0 Å². The second kappa shape index (κ2) is 7.66. The average molecular weight is 260 g/mol. The second-order valence-corrected chi connectivity index (χ2v) is 6.15. The summed E-state index contributed by atoms with van der Waals surface area (Å²) in [4.78, 5) is 2.41. The largest absolute Gasteiger partial charge is 0.314 e. The standard InChI is InChI=1S/C17H28N2/c1-15-9-10-17(13-15)18-11-6-12-19(2)14-16-7-4-3-5-8-16/h3-5,7-8,15,17-18H,6,9-14H2,1-2H3. The fraction of sp³-hybridized carbons (Fsp3) is 0.647. The van der Waals surface area contributed by atoms with Crippen molar-refractivity contribution in [1.82, 2.24) is 10.2 Å². The highest BCUT2D eigenvalue weighted by atomic mass is 15.1. The molecule has 2 atom stereocenters. The van der Waals surface area contributed by atoms with Crippen molar-refractivity contribution in [2.75, 3.05) is 20.1 Å². The first-order valence-corrected chi connectivity index (χ1v) is 7.70. The Morgan fingerprint density at radius 2 is 2.00 bits per heavy atom. The van der Waals surface area contributed by atoms with Crippen LogP contribution in [0.15, 0.2) is 30.3 Å². The van der Waals surface area contributed by atoms with Gasteiger partial charge in [0, 0.05) is 12.6 Å². The van der Waals surface area contributed by atoms with Crippen LogP contribution < -0.4 is 5.32 Å². The summed E-state index contributed by atoms with van der Waals surface area (Å²) < 4.78 is 0. The fourth-order valence-corrected chi connectivity index (χ4v) is 3.02. The van der Waals surface area contributed by atoms with Crippen LogP contribution in [0.5, 0.6) is 0 Å². The summed E-state index contributed by atoms with van der Waals surface area (Å²) in [7, 11) is 2.21. The first-order chi connectivity index (χ1) is 9.24. The third-order valence-corrected chi connectivity index (χ3v) is 4.14. The van der Waals surface area contributed by atoms with Gasteiger partial charge in [0.05, 0.1) is 0 Å². The van der Waals surface area contributed by atoms with Crippen molar-refractivity contribution in [1.29, 1.82) is 0 Å². The maximum Gasteiger partial charge on any atom is 0.0230 e. The molecule has 19 heavy (non-hydrogen) atoms. The van der Waals surface area contributed by atoms with Gasteiger partial charge in [0.25, 0.3) is 0 Å². The maximum atomic E-state index is 3.70. The number of nitrogens with zero attached hydrogens (tertiary/aromatic N) is 1. The van der Waals surface area contributed by atoms with E-state index in [2.05, 4.69) is 54.5 Å². The highest BCUT2D eigenvalue weighted by molar-refractivity contribution is 5.14. The average Bonchev–Trinajstić information content (AvgIpc) is 2.82. The maximum absolute atomic E-state index is 3.70. The van der Waals surface area contributed by atoms with Crippen molar-refractivity contribution in [3.8, 4) is 0 Å². The highest BCUT2D eigenvalue weighted by Gasteiger charge is 2.20. The topological polar surface area (TPSA) is 15.3 Å². The molecule has 0 aliphatic heterocycles. The molecule has 0 amide bonds. The van der Waals surface area contributed by atoms with Crippen LogP contribution in [0, 0.1) is 5.92 Å². The lowest BCUT2D eigenvalue weighted by Crippen LogP contribution is -2.30. The fourth-order valence-electron chi connectivity index (χ4n) is 3.02. The van der Waals surface area contributed by atoms with Gasteiger partial charge in [-0.25, -0.2) is 0 Å². The van der Waals surface area contributed by atoms with Gasteiger partial charge in [0.2, 0.25) is 0 Å². The second-order valence-electron chi connectivity index (χ2n) is 6.15. The van der Waals surface area contributed by atoms with Crippen molar-refractivity contribution in [3.05, 3.63) is 35.9 Å². The van der Waals surface area contributed by atoms with Crippen LogP contribution in [0.3, 0.4) is 0 Å². The van der Waals surface area contributed by atoms with Gasteiger partial charge in [-0.3, -0.25) is 0 Å². The van der Waals surface area contributed by atoms with E-state index in [1.54, 1.807) is 0 Å². The zero-order valence-corrected chi connectivity index (χ0v) is 12.4. The molecule has 1 aliphatic rings. The van der Waals surface area contributed by atoms with Crippen molar-refractivity contribution in [2.45, 2.75) is 45.2 Å². The number of rotatable bonds is 7. The van der Waals surface area contributed by atoms with Crippen LogP contribution >= 0.6 is 0 Å². The molecule has 0 heterocycles. The lowest BCUT2D eigenvalue weighted by molar-refractivity contribution is 0.316. The van der Waals surface area contributed by atoms with E-state index in [1.165, 1.54) is 37.8 Å². The van der Waals surface area contributed by atoms with E-state index in [1.807, 2.05) is 0 Å². The molecular formula is C17H28N2. The molecule has 0 bridgehead atoms. The minimum Gasteiger partial charge on any atom is -0.314 e. The van der Waals surface area contributed by atoms with Crippen molar-refractivity contribution in [2.24, 2.45) is 5.92 Å². The van der Waals surface area contributed by atoms with Crippen LogP contribution in [0.1, 0.15) is 38.2 Å². The number of hydrogen-bond donors (Lipinski definition) is 1. The Morgan fingerprint density at radius 3 is 2.68 bits per heavy atom. The summed E-state index contributed by atoms with van der Waals surface area (Å²) in [6.07, 6.45) is 5.40. The summed E-state index contributed by atoms with van der Waals surface area (Å²) in [5, 5.41) is 3.70. The Kier molecular flexibility index (Phi) is 5.87. The van der Waals surface area contributed by atoms with Crippen LogP contribution in [0.4, 0.5) is 0 Å². The Bertz CT molecular complexity index is 350. The molecule has 106 valence electrons. The SMILES string of the molecule is CC1CCC(NCCCN(C)Cc2ccccc2)C1. The Hall–Kier alpha value is -0.860. The van der Waals surface area contributed by atoms with Crippen LogP contribution in [-0.2, 0) is 6.54 Å². The van der Waals surface area contributed by atoms with E-state index in [-0.39, 0.29) is 0 Å². The first-order valence-electron chi connectivity index (χ1n) is 7.70. The summed E-state index contributed by atoms with van der Waals surface area (Å²) >= 11 is 0. The van der Waals surface area contributed by atoms with Gasteiger partial charge in [-0.2, -0.15) is 0 Å². The van der Waals surface area contributed by atoms with E-state index < -0.39 is 0 Å². The normalized spacial score (nSPS) is 23.1. The van der Waals surface area contributed by atoms with Crippen LogP contribution in [0.25, 0.3) is 0 Å². The van der Waals surface area contributed by atoms with Gasteiger partial charge in [-0.1, -0.05) is 37.3 Å². The molecule has 2 unspecified atom stereocenters. The zero-order valence-electron chi connectivity index (χ0n) is 12.4. The molecule has 1 saturated carbocycles. The van der Waals surface area contributed by atoms with Gasteiger partial charge in [-0.05, 0) is 57.3 Å². The van der Waals surface area contributed by atoms with Gasteiger partial charge < -0.3 is 10.2 Å². The van der Waals surface area contributed by atoms with Gasteiger partial charge >= 0.3 is 0 Å². The third-order valence-electron chi connectivity index (χ3n) is 4.14. The molecule has 2 nitrogen and oxygen atoms in total. The Morgan fingerprint density at radius 1 is 1.21 bits per heavy atom. The number of nitrogens with one attached hydrogen (secondary N) is 1. The summed E-state index contributed by atoms with van der Waals surface area (Å²) in [6.45, 7) is 5.76. The lowest BCUT2D eigenvalue weighted by atomic mass is 10.1. The molecule has 0 saturated heterocycles. The van der Waals surface area contributed by atoms with Crippen LogP contribution in [0.2, 0.25) is 0 Å². The molecule has 1 aromatic rings. The van der Waals surface area contributed by atoms with E-state index in [0.29, 0.717) is 0 Å². The first kappa shape index (κ1) is 14.5.